The zero-order valence-electron chi connectivity index (χ0n) is 11.5. The fourth-order valence-electron chi connectivity index (χ4n) is 1.99. The van der Waals surface area contributed by atoms with Crippen LogP contribution in [0.2, 0.25) is 0 Å². The van der Waals surface area contributed by atoms with E-state index in [0.29, 0.717) is 6.54 Å². The molecule has 0 amide bonds. The number of rotatable bonds is 8. The molecule has 1 aliphatic rings. The van der Waals surface area contributed by atoms with Crippen molar-refractivity contribution in [1.82, 2.24) is 4.31 Å². The molecule has 0 saturated heterocycles. The molecule has 0 atom stereocenters. The summed E-state index contributed by atoms with van der Waals surface area (Å²) in [5.41, 5.74) is -0.236. The summed E-state index contributed by atoms with van der Waals surface area (Å²) in [6.45, 7) is 1.97. The first-order valence-corrected chi connectivity index (χ1v) is 8.82. The maximum Gasteiger partial charge on any atom is 0.304 e. The molecule has 2 rings (SSSR count). The van der Waals surface area contributed by atoms with Crippen LogP contribution in [-0.2, 0) is 10.0 Å². The maximum atomic E-state index is 12.6. The first kappa shape index (κ1) is 16.1. The smallest absolute Gasteiger partial charge is 0.304 e. The fourth-order valence-corrected chi connectivity index (χ4v) is 5.19. The van der Waals surface area contributed by atoms with E-state index in [4.69, 9.17) is 5.11 Å². The number of sulfonamides is 1. The number of aliphatic hydroxyl groups excluding tert-OH is 1. The number of thiophene rings is 1. The zero-order chi connectivity index (χ0) is 15.6. The van der Waals surface area contributed by atoms with Gasteiger partial charge in [0, 0.05) is 25.2 Å². The van der Waals surface area contributed by atoms with E-state index in [1.54, 1.807) is 6.92 Å². The van der Waals surface area contributed by atoms with Crippen molar-refractivity contribution in [3.63, 3.8) is 0 Å². The van der Waals surface area contributed by atoms with Crippen molar-refractivity contribution < 1.29 is 18.4 Å². The molecule has 0 bridgehead atoms. The van der Waals surface area contributed by atoms with Crippen LogP contribution in [0.4, 0.5) is 10.7 Å². The molecule has 8 nitrogen and oxygen atoms in total. The monoisotopic (exact) mass is 335 g/mol. The molecule has 118 valence electrons. The normalized spacial score (nSPS) is 15.4. The van der Waals surface area contributed by atoms with E-state index in [9.17, 15) is 18.5 Å². The summed E-state index contributed by atoms with van der Waals surface area (Å²) in [4.78, 5) is 10.4. The van der Waals surface area contributed by atoms with E-state index in [2.05, 4.69) is 5.32 Å². The number of anilines is 1. The Balaban J connectivity index is 2.39. The summed E-state index contributed by atoms with van der Waals surface area (Å²) >= 11 is 0.855. The lowest BCUT2D eigenvalue weighted by Gasteiger charge is -2.19. The van der Waals surface area contributed by atoms with E-state index in [1.807, 2.05) is 0 Å². The van der Waals surface area contributed by atoms with Gasteiger partial charge >= 0.3 is 5.69 Å². The molecule has 0 aliphatic heterocycles. The summed E-state index contributed by atoms with van der Waals surface area (Å²) < 4.78 is 26.3. The van der Waals surface area contributed by atoms with E-state index >= 15 is 0 Å². The predicted octanol–water partition coefficient (Wildman–Crippen LogP) is 1.23. The van der Waals surface area contributed by atoms with E-state index in [0.717, 1.165) is 30.2 Å². The number of nitrogens with one attached hydrogen (secondary N) is 1. The summed E-state index contributed by atoms with van der Waals surface area (Å²) in [6.07, 6.45) is 1.51. The molecule has 1 fully saturated rings. The first-order valence-electron chi connectivity index (χ1n) is 6.56. The van der Waals surface area contributed by atoms with Crippen LogP contribution >= 0.6 is 11.3 Å². The average Bonchev–Trinajstić information content (AvgIpc) is 3.15. The largest absolute Gasteiger partial charge is 0.395 e. The van der Waals surface area contributed by atoms with Crippen LogP contribution in [-0.4, -0.2) is 48.5 Å². The topological polar surface area (TPSA) is 113 Å². The third-order valence-corrected chi connectivity index (χ3v) is 6.54. The third-order valence-electron chi connectivity index (χ3n) is 3.06. The summed E-state index contributed by atoms with van der Waals surface area (Å²) in [5.74, 6) is 0. The fraction of sp³-hybridized carbons (Fsp3) is 0.636. The predicted molar refractivity (Wildman–Crippen MR) is 79.1 cm³/mol. The Hall–Kier alpha value is -1.23. The zero-order valence-corrected chi connectivity index (χ0v) is 13.1. The summed E-state index contributed by atoms with van der Waals surface area (Å²) in [5, 5.41) is 23.1. The second-order valence-corrected chi connectivity index (χ2v) is 7.81. The van der Waals surface area contributed by atoms with Crippen molar-refractivity contribution in [2.45, 2.75) is 30.0 Å². The van der Waals surface area contributed by atoms with Crippen molar-refractivity contribution in [1.29, 1.82) is 0 Å². The first-order chi connectivity index (χ1) is 9.91. The number of hydrogen-bond acceptors (Lipinski definition) is 7. The van der Waals surface area contributed by atoms with Gasteiger partial charge in [0.25, 0.3) is 10.0 Å². The van der Waals surface area contributed by atoms with Crippen molar-refractivity contribution in [3.05, 3.63) is 16.2 Å². The van der Waals surface area contributed by atoms with Crippen molar-refractivity contribution in [2.24, 2.45) is 0 Å². The standard InChI is InChI=1S/C11H17N3O5S2/c1-2-12-11-9(14(16)17)7-10(20-11)21(18,19)13(5-6-15)8-3-4-8/h7-8,12,15H,2-6H2,1H3. The average molecular weight is 335 g/mol. The van der Waals surface area contributed by atoms with Gasteiger partial charge in [-0.25, -0.2) is 8.42 Å². The van der Waals surface area contributed by atoms with Crippen LogP contribution in [0, 0.1) is 10.1 Å². The number of hydrogen-bond donors (Lipinski definition) is 2. The Bertz CT molecular complexity index is 624. The highest BCUT2D eigenvalue weighted by Crippen LogP contribution is 2.40. The minimum atomic E-state index is -3.81. The van der Waals surface area contributed by atoms with Crippen LogP contribution in [0.1, 0.15) is 19.8 Å². The molecule has 10 heteroatoms. The van der Waals surface area contributed by atoms with Gasteiger partial charge in [0.2, 0.25) is 0 Å². The minimum absolute atomic E-state index is 0.00916. The van der Waals surface area contributed by atoms with Gasteiger partial charge in [0.15, 0.2) is 5.00 Å². The van der Waals surface area contributed by atoms with Crippen LogP contribution in [0.5, 0.6) is 0 Å². The highest BCUT2D eigenvalue weighted by Gasteiger charge is 2.39. The molecule has 1 heterocycles. The molecule has 2 N–H and O–H groups in total. The van der Waals surface area contributed by atoms with Crippen molar-refractivity contribution in [2.75, 3.05) is 25.0 Å². The lowest BCUT2D eigenvalue weighted by Crippen LogP contribution is -2.35. The van der Waals surface area contributed by atoms with E-state index in [1.165, 1.54) is 4.31 Å². The molecule has 1 aromatic heterocycles. The highest BCUT2D eigenvalue weighted by atomic mass is 32.2. The lowest BCUT2D eigenvalue weighted by atomic mass is 10.5. The van der Waals surface area contributed by atoms with Gasteiger partial charge in [0.1, 0.15) is 4.21 Å². The number of aliphatic hydroxyl groups is 1. The second-order valence-electron chi connectivity index (χ2n) is 4.64. The molecular formula is C11H17N3O5S2. The number of nitrogens with zero attached hydrogens (tertiary/aromatic N) is 2. The van der Waals surface area contributed by atoms with Crippen molar-refractivity contribution in [3.8, 4) is 0 Å². The highest BCUT2D eigenvalue weighted by molar-refractivity contribution is 7.91. The summed E-state index contributed by atoms with van der Waals surface area (Å²) in [6, 6.07) is 0.982. The van der Waals surface area contributed by atoms with Crippen LogP contribution < -0.4 is 5.32 Å². The quantitative estimate of drug-likeness (QED) is 0.546. The van der Waals surface area contributed by atoms with Gasteiger partial charge in [-0.2, -0.15) is 4.31 Å². The van der Waals surface area contributed by atoms with E-state index in [-0.39, 0.29) is 34.1 Å². The molecule has 0 unspecified atom stereocenters. The van der Waals surface area contributed by atoms with Crippen molar-refractivity contribution >= 4 is 32.0 Å². The maximum absolute atomic E-state index is 12.6. The Morgan fingerprint density at radius 2 is 2.24 bits per heavy atom. The SMILES string of the molecule is CCNc1sc(S(=O)(=O)N(CCO)C2CC2)cc1[N+](=O)[O-]. The van der Waals surface area contributed by atoms with E-state index < -0.39 is 14.9 Å². The second kappa shape index (κ2) is 6.26. The molecule has 21 heavy (non-hydrogen) atoms. The Kier molecular flexibility index (Phi) is 4.81. The molecule has 0 spiro atoms. The molecule has 1 aliphatic carbocycles. The Morgan fingerprint density at radius 3 is 2.71 bits per heavy atom. The van der Waals surface area contributed by atoms with Gasteiger partial charge in [-0.1, -0.05) is 11.3 Å². The lowest BCUT2D eigenvalue weighted by molar-refractivity contribution is -0.383. The van der Waals surface area contributed by atoms with Crippen LogP contribution in [0.15, 0.2) is 10.3 Å². The molecular weight excluding hydrogens is 318 g/mol. The van der Waals surface area contributed by atoms with Gasteiger partial charge in [-0.3, -0.25) is 10.1 Å². The summed E-state index contributed by atoms with van der Waals surface area (Å²) in [7, 11) is -3.81. The van der Waals surface area contributed by atoms with Gasteiger partial charge in [-0.05, 0) is 19.8 Å². The van der Waals surface area contributed by atoms with Gasteiger partial charge < -0.3 is 10.4 Å². The van der Waals surface area contributed by atoms with Crippen LogP contribution in [0.25, 0.3) is 0 Å². The third kappa shape index (κ3) is 3.34. The Morgan fingerprint density at radius 1 is 1.57 bits per heavy atom. The molecule has 0 aromatic carbocycles. The van der Waals surface area contributed by atoms with Crippen LogP contribution in [0.3, 0.4) is 0 Å². The molecule has 1 saturated carbocycles. The van der Waals surface area contributed by atoms with Gasteiger partial charge in [0.05, 0.1) is 11.5 Å². The molecule has 0 radical (unpaired) electrons. The number of nitro groups is 1. The molecule has 1 aromatic rings. The Labute approximate surface area is 126 Å². The van der Waals surface area contributed by atoms with Gasteiger partial charge in [-0.15, -0.1) is 0 Å². The minimum Gasteiger partial charge on any atom is -0.395 e.